The standard InChI is InChI=1S/C11H17N3O2S/c1-15-7-10-13-9(5-11(17)14-10)12-6-8-3-2-4-16-8/h5,8H,2-4,6-7H2,1H3,(H2,12,13,14,17). The summed E-state index contributed by atoms with van der Waals surface area (Å²) in [7, 11) is 1.63. The number of hydrogen-bond donors (Lipinski definition) is 2. The van der Waals surface area contributed by atoms with Gasteiger partial charge >= 0.3 is 0 Å². The third kappa shape index (κ3) is 3.76. The number of aromatic nitrogens is 2. The quantitative estimate of drug-likeness (QED) is 0.787. The fraction of sp³-hybridized carbons (Fsp3) is 0.636. The largest absolute Gasteiger partial charge is 0.377 e. The molecule has 0 bridgehead atoms. The molecule has 0 radical (unpaired) electrons. The molecular weight excluding hydrogens is 238 g/mol. The number of ether oxygens (including phenoxy) is 2. The maximum absolute atomic E-state index is 5.54. The summed E-state index contributed by atoms with van der Waals surface area (Å²) in [5, 5.41) is 3.28. The Morgan fingerprint density at radius 2 is 2.59 bits per heavy atom. The second-order valence-electron chi connectivity index (χ2n) is 4.03. The summed E-state index contributed by atoms with van der Waals surface area (Å²) in [4.78, 5) is 7.31. The van der Waals surface area contributed by atoms with Crippen molar-refractivity contribution >= 4 is 18.0 Å². The van der Waals surface area contributed by atoms with E-state index in [1.807, 2.05) is 6.07 Å². The zero-order valence-corrected chi connectivity index (χ0v) is 10.7. The van der Waals surface area contributed by atoms with Gasteiger partial charge in [0.15, 0.2) is 0 Å². The van der Waals surface area contributed by atoms with Crippen LogP contribution in [0.5, 0.6) is 0 Å². The lowest BCUT2D eigenvalue weighted by atomic mass is 10.2. The molecule has 1 atom stereocenters. The third-order valence-corrected chi connectivity index (χ3v) is 2.83. The highest BCUT2D eigenvalue weighted by Crippen LogP contribution is 2.13. The lowest BCUT2D eigenvalue weighted by molar-refractivity contribution is 0.120. The molecule has 0 aliphatic carbocycles. The molecule has 0 saturated carbocycles. The molecule has 6 heteroatoms. The molecule has 1 aromatic rings. The van der Waals surface area contributed by atoms with E-state index in [-0.39, 0.29) is 0 Å². The predicted molar refractivity (Wildman–Crippen MR) is 67.6 cm³/mol. The van der Waals surface area contributed by atoms with Gasteiger partial charge in [-0.1, -0.05) is 12.2 Å². The van der Waals surface area contributed by atoms with E-state index in [2.05, 4.69) is 15.3 Å². The van der Waals surface area contributed by atoms with Gasteiger partial charge in [-0.2, -0.15) is 0 Å². The molecule has 1 aliphatic rings. The molecule has 1 aromatic heterocycles. The van der Waals surface area contributed by atoms with Gasteiger partial charge in [0.2, 0.25) is 0 Å². The van der Waals surface area contributed by atoms with Gasteiger partial charge in [-0.3, -0.25) is 0 Å². The SMILES string of the molecule is COCc1nc(=S)cc(NCC2CCCO2)[nH]1. The average Bonchev–Trinajstić information content (AvgIpc) is 2.79. The molecule has 2 rings (SSSR count). The first-order valence-corrected chi connectivity index (χ1v) is 6.13. The third-order valence-electron chi connectivity index (χ3n) is 2.62. The zero-order chi connectivity index (χ0) is 12.1. The second-order valence-corrected chi connectivity index (χ2v) is 4.45. The molecule has 1 unspecified atom stereocenters. The van der Waals surface area contributed by atoms with Gasteiger partial charge in [0.05, 0.1) is 6.10 Å². The molecule has 0 aromatic carbocycles. The lowest BCUT2D eigenvalue weighted by Crippen LogP contribution is -2.19. The van der Waals surface area contributed by atoms with Crippen LogP contribution >= 0.6 is 12.2 Å². The van der Waals surface area contributed by atoms with Crippen molar-refractivity contribution in [3.05, 3.63) is 16.5 Å². The Morgan fingerprint density at radius 3 is 3.29 bits per heavy atom. The van der Waals surface area contributed by atoms with Gasteiger partial charge in [0.25, 0.3) is 0 Å². The molecule has 1 saturated heterocycles. The van der Waals surface area contributed by atoms with Gasteiger partial charge in [0.1, 0.15) is 22.9 Å². The van der Waals surface area contributed by atoms with Crippen LogP contribution in [0.1, 0.15) is 18.7 Å². The van der Waals surface area contributed by atoms with Crippen LogP contribution in [0.4, 0.5) is 5.82 Å². The number of aromatic amines is 1. The molecule has 5 nitrogen and oxygen atoms in total. The minimum atomic E-state index is 0.302. The maximum Gasteiger partial charge on any atom is 0.135 e. The van der Waals surface area contributed by atoms with Gasteiger partial charge < -0.3 is 19.8 Å². The monoisotopic (exact) mass is 255 g/mol. The van der Waals surface area contributed by atoms with E-state index >= 15 is 0 Å². The number of anilines is 1. The Morgan fingerprint density at radius 1 is 1.71 bits per heavy atom. The summed E-state index contributed by atoms with van der Waals surface area (Å²) in [6.07, 6.45) is 2.56. The Labute approximate surface area is 106 Å². The van der Waals surface area contributed by atoms with E-state index in [0.717, 1.165) is 37.6 Å². The molecule has 2 heterocycles. The fourth-order valence-electron chi connectivity index (χ4n) is 1.84. The molecule has 0 amide bonds. The van der Waals surface area contributed by atoms with E-state index in [1.54, 1.807) is 7.11 Å². The van der Waals surface area contributed by atoms with Crippen LogP contribution in [-0.4, -0.2) is 36.3 Å². The Balaban J connectivity index is 1.96. The van der Waals surface area contributed by atoms with Crippen molar-refractivity contribution in [2.75, 3.05) is 25.6 Å². The smallest absolute Gasteiger partial charge is 0.135 e. The van der Waals surface area contributed by atoms with Crippen LogP contribution in [0.2, 0.25) is 0 Å². The Bertz CT molecular complexity index is 415. The van der Waals surface area contributed by atoms with Crippen LogP contribution in [0.15, 0.2) is 6.07 Å². The van der Waals surface area contributed by atoms with E-state index < -0.39 is 0 Å². The zero-order valence-electron chi connectivity index (χ0n) is 9.86. The van der Waals surface area contributed by atoms with Gasteiger partial charge in [-0.05, 0) is 12.8 Å². The Hall–Kier alpha value is -0.980. The topological polar surface area (TPSA) is 59.2 Å². The van der Waals surface area contributed by atoms with Crippen LogP contribution in [0, 0.1) is 4.64 Å². The highest BCUT2D eigenvalue weighted by molar-refractivity contribution is 7.71. The predicted octanol–water partition coefficient (Wildman–Crippen LogP) is 1.88. The highest BCUT2D eigenvalue weighted by Gasteiger charge is 2.14. The molecule has 17 heavy (non-hydrogen) atoms. The van der Waals surface area contributed by atoms with Crippen LogP contribution < -0.4 is 5.32 Å². The number of H-pyrrole nitrogens is 1. The summed E-state index contributed by atoms with van der Waals surface area (Å²) < 4.78 is 11.1. The average molecular weight is 255 g/mol. The molecule has 1 fully saturated rings. The van der Waals surface area contributed by atoms with Crippen molar-refractivity contribution in [3.63, 3.8) is 0 Å². The first kappa shape index (κ1) is 12.5. The summed E-state index contributed by atoms with van der Waals surface area (Å²) >= 11 is 5.09. The summed E-state index contributed by atoms with van der Waals surface area (Å²) in [5.74, 6) is 1.60. The molecule has 0 spiro atoms. The minimum Gasteiger partial charge on any atom is -0.377 e. The molecule has 2 N–H and O–H groups in total. The van der Waals surface area contributed by atoms with Gasteiger partial charge in [-0.15, -0.1) is 0 Å². The second kappa shape index (κ2) is 6.09. The van der Waals surface area contributed by atoms with Crippen LogP contribution in [0.25, 0.3) is 0 Å². The first-order chi connectivity index (χ1) is 8.28. The number of nitrogens with one attached hydrogen (secondary N) is 2. The maximum atomic E-state index is 5.54. The summed E-state index contributed by atoms with van der Waals surface area (Å²) in [5.41, 5.74) is 0. The van der Waals surface area contributed by atoms with Gasteiger partial charge in [-0.25, -0.2) is 4.98 Å². The number of rotatable bonds is 5. The number of hydrogen-bond acceptors (Lipinski definition) is 5. The lowest BCUT2D eigenvalue weighted by Gasteiger charge is -2.12. The van der Waals surface area contributed by atoms with Crippen molar-refractivity contribution in [1.29, 1.82) is 0 Å². The van der Waals surface area contributed by atoms with E-state index in [4.69, 9.17) is 21.7 Å². The molecule has 94 valence electrons. The Kier molecular flexibility index (Phi) is 4.47. The van der Waals surface area contributed by atoms with Crippen molar-refractivity contribution in [3.8, 4) is 0 Å². The first-order valence-electron chi connectivity index (χ1n) is 5.72. The van der Waals surface area contributed by atoms with E-state index in [9.17, 15) is 0 Å². The number of nitrogens with zero attached hydrogens (tertiary/aromatic N) is 1. The minimum absolute atomic E-state index is 0.302. The molecular formula is C11H17N3O2S. The van der Waals surface area contributed by atoms with Crippen molar-refractivity contribution in [2.45, 2.75) is 25.6 Å². The molecule has 1 aliphatic heterocycles. The summed E-state index contributed by atoms with van der Waals surface area (Å²) in [6.45, 7) is 2.09. The van der Waals surface area contributed by atoms with Crippen LogP contribution in [0.3, 0.4) is 0 Å². The van der Waals surface area contributed by atoms with Crippen molar-refractivity contribution < 1.29 is 9.47 Å². The van der Waals surface area contributed by atoms with Gasteiger partial charge in [0, 0.05) is 26.3 Å². The van der Waals surface area contributed by atoms with Crippen molar-refractivity contribution in [2.24, 2.45) is 0 Å². The van der Waals surface area contributed by atoms with E-state index in [1.165, 1.54) is 0 Å². The highest BCUT2D eigenvalue weighted by atomic mass is 32.1. The van der Waals surface area contributed by atoms with Crippen LogP contribution in [-0.2, 0) is 16.1 Å². The summed E-state index contributed by atoms with van der Waals surface area (Å²) in [6, 6.07) is 1.81. The number of methoxy groups -OCH3 is 1. The normalized spacial score (nSPS) is 19.5. The van der Waals surface area contributed by atoms with E-state index in [0.29, 0.717) is 17.4 Å². The fourth-order valence-corrected chi connectivity index (χ4v) is 2.07. The van der Waals surface area contributed by atoms with Crippen molar-refractivity contribution in [1.82, 2.24) is 9.97 Å².